The number of nitrogen functional groups attached to an aromatic ring is 1. The first-order valence-electron chi connectivity index (χ1n) is 5.93. The fraction of sp³-hybridized carbons (Fsp3) is 0.133. The number of amides is 1. The van der Waals surface area contributed by atoms with E-state index in [4.69, 9.17) is 5.73 Å². The van der Waals surface area contributed by atoms with Crippen molar-refractivity contribution in [3.05, 3.63) is 59.2 Å². The summed E-state index contributed by atoms with van der Waals surface area (Å²) in [6.45, 7) is 2.64. The molecule has 0 aliphatic carbocycles. The zero-order chi connectivity index (χ0) is 12.7. The minimum atomic E-state index is 0.0339. The van der Waals surface area contributed by atoms with Crippen molar-refractivity contribution >= 4 is 17.3 Å². The third kappa shape index (κ3) is 1.56. The van der Waals surface area contributed by atoms with Gasteiger partial charge in [0.15, 0.2) is 0 Å². The molecule has 0 saturated carbocycles. The zero-order valence-corrected chi connectivity index (χ0v) is 10.2. The molecule has 0 aromatic heterocycles. The minimum Gasteiger partial charge on any atom is -0.399 e. The number of carbonyl (C=O) groups is 1. The van der Waals surface area contributed by atoms with Crippen LogP contribution < -0.4 is 10.6 Å². The molecule has 2 N–H and O–H groups in total. The van der Waals surface area contributed by atoms with Gasteiger partial charge in [-0.2, -0.15) is 0 Å². The van der Waals surface area contributed by atoms with E-state index >= 15 is 0 Å². The third-order valence-corrected chi connectivity index (χ3v) is 3.34. The van der Waals surface area contributed by atoms with E-state index in [0.717, 1.165) is 22.4 Å². The molecule has 90 valence electrons. The molecule has 2 aromatic carbocycles. The van der Waals surface area contributed by atoms with Gasteiger partial charge in [-0.1, -0.05) is 24.3 Å². The van der Waals surface area contributed by atoms with E-state index in [2.05, 4.69) is 0 Å². The standard InChI is InChI=1S/C15H14N2O/c1-10-4-2-3-5-14(10)17-9-11-6-7-12(16)8-13(11)15(17)18/h2-8H,9,16H2,1H3. The summed E-state index contributed by atoms with van der Waals surface area (Å²) in [6.07, 6.45) is 0. The predicted octanol–water partition coefficient (Wildman–Crippen LogP) is 2.74. The summed E-state index contributed by atoms with van der Waals surface area (Å²) in [5.74, 6) is 0.0339. The molecule has 1 amide bonds. The minimum absolute atomic E-state index is 0.0339. The molecule has 3 nitrogen and oxygen atoms in total. The lowest BCUT2D eigenvalue weighted by Gasteiger charge is -2.17. The van der Waals surface area contributed by atoms with Crippen molar-refractivity contribution in [1.29, 1.82) is 0 Å². The van der Waals surface area contributed by atoms with Gasteiger partial charge in [0, 0.05) is 16.9 Å². The lowest BCUT2D eigenvalue weighted by Crippen LogP contribution is -2.23. The normalized spacial score (nSPS) is 13.8. The Morgan fingerprint density at radius 1 is 1.17 bits per heavy atom. The number of carbonyl (C=O) groups excluding carboxylic acids is 1. The van der Waals surface area contributed by atoms with Crippen LogP contribution in [0, 0.1) is 6.92 Å². The van der Waals surface area contributed by atoms with Crippen LogP contribution in [0.25, 0.3) is 0 Å². The van der Waals surface area contributed by atoms with Gasteiger partial charge in [0.1, 0.15) is 0 Å². The van der Waals surface area contributed by atoms with Crippen molar-refractivity contribution in [3.8, 4) is 0 Å². The quantitative estimate of drug-likeness (QED) is 0.776. The van der Waals surface area contributed by atoms with E-state index in [1.165, 1.54) is 0 Å². The number of fused-ring (bicyclic) bond motifs is 1. The highest BCUT2D eigenvalue weighted by atomic mass is 16.2. The van der Waals surface area contributed by atoms with Crippen molar-refractivity contribution in [2.24, 2.45) is 0 Å². The number of nitrogens with two attached hydrogens (primary N) is 1. The largest absolute Gasteiger partial charge is 0.399 e. The molecule has 0 bridgehead atoms. The van der Waals surface area contributed by atoms with Crippen LogP contribution >= 0.6 is 0 Å². The summed E-state index contributed by atoms with van der Waals surface area (Å²) < 4.78 is 0. The van der Waals surface area contributed by atoms with E-state index in [1.54, 1.807) is 11.0 Å². The van der Waals surface area contributed by atoms with E-state index in [9.17, 15) is 4.79 Å². The molecule has 0 spiro atoms. The molecular formula is C15H14N2O. The number of aryl methyl sites for hydroxylation is 1. The first-order valence-corrected chi connectivity index (χ1v) is 5.93. The van der Waals surface area contributed by atoms with Gasteiger partial charge < -0.3 is 10.6 Å². The number of nitrogens with zero attached hydrogens (tertiary/aromatic N) is 1. The number of anilines is 2. The molecule has 18 heavy (non-hydrogen) atoms. The molecule has 0 radical (unpaired) electrons. The molecule has 1 aliphatic heterocycles. The van der Waals surface area contributed by atoms with Gasteiger partial charge in [-0.05, 0) is 36.2 Å². The Bertz CT molecular complexity index is 634. The van der Waals surface area contributed by atoms with Crippen LogP contribution in [-0.2, 0) is 6.54 Å². The van der Waals surface area contributed by atoms with E-state index in [-0.39, 0.29) is 5.91 Å². The number of hydrogen-bond donors (Lipinski definition) is 1. The smallest absolute Gasteiger partial charge is 0.259 e. The molecule has 1 aliphatic rings. The Kier molecular flexibility index (Phi) is 2.33. The van der Waals surface area contributed by atoms with Crippen LogP contribution in [-0.4, -0.2) is 5.91 Å². The highest BCUT2D eigenvalue weighted by molar-refractivity contribution is 6.10. The average Bonchev–Trinajstić information content (AvgIpc) is 2.68. The second-order valence-corrected chi connectivity index (χ2v) is 4.59. The number of para-hydroxylation sites is 1. The summed E-state index contributed by atoms with van der Waals surface area (Å²) >= 11 is 0. The van der Waals surface area contributed by atoms with Gasteiger partial charge in [-0.25, -0.2) is 0 Å². The van der Waals surface area contributed by atoms with E-state index in [1.807, 2.05) is 43.3 Å². The lowest BCUT2D eigenvalue weighted by atomic mass is 10.1. The van der Waals surface area contributed by atoms with Gasteiger partial charge in [-0.3, -0.25) is 4.79 Å². The van der Waals surface area contributed by atoms with Gasteiger partial charge >= 0.3 is 0 Å². The fourth-order valence-corrected chi connectivity index (χ4v) is 2.38. The summed E-state index contributed by atoms with van der Waals surface area (Å²) in [4.78, 5) is 14.2. The fourth-order valence-electron chi connectivity index (χ4n) is 2.38. The van der Waals surface area contributed by atoms with Crippen molar-refractivity contribution in [3.63, 3.8) is 0 Å². The third-order valence-electron chi connectivity index (χ3n) is 3.34. The SMILES string of the molecule is Cc1ccccc1N1Cc2ccc(N)cc2C1=O. The van der Waals surface area contributed by atoms with Crippen molar-refractivity contribution in [1.82, 2.24) is 0 Å². The first-order chi connectivity index (χ1) is 8.66. The van der Waals surface area contributed by atoms with Crippen LogP contribution in [0.1, 0.15) is 21.5 Å². The molecule has 0 atom stereocenters. The van der Waals surface area contributed by atoms with Crippen LogP contribution in [0.5, 0.6) is 0 Å². The predicted molar refractivity (Wildman–Crippen MR) is 72.5 cm³/mol. The first kappa shape index (κ1) is 10.8. The Morgan fingerprint density at radius 2 is 1.94 bits per heavy atom. The number of rotatable bonds is 1. The molecule has 0 fully saturated rings. The number of hydrogen-bond acceptors (Lipinski definition) is 2. The van der Waals surface area contributed by atoms with Crippen LogP contribution in [0.2, 0.25) is 0 Å². The van der Waals surface area contributed by atoms with Crippen LogP contribution in [0.15, 0.2) is 42.5 Å². The average molecular weight is 238 g/mol. The van der Waals surface area contributed by atoms with Gasteiger partial charge in [-0.15, -0.1) is 0 Å². The topological polar surface area (TPSA) is 46.3 Å². The monoisotopic (exact) mass is 238 g/mol. The Morgan fingerprint density at radius 3 is 2.72 bits per heavy atom. The molecule has 1 heterocycles. The van der Waals surface area contributed by atoms with Crippen molar-refractivity contribution < 1.29 is 4.79 Å². The van der Waals surface area contributed by atoms with E-state index in [0.29, 0.717) is 12.2 Å². The Labute approximate surface area is 106 Å². The van der Waals surface area contributed by atoms with Crippen LogP contribution in [0.4, 0.5) is 11.4 Å². The second-order valence-electron chi connectivity index (χ2n) is 4.59. The van der Waals surface area contributed by atoms with E-state index < -0.39 is 0 Å². The number of benzene rings is 2. The maximum atomic E-state index is 12.4. The highest BCUT2D eigenvalue weighted by Crippen LogP contribution is 2.31. The summed E-state index contributed by atoms with van der Waals surface area (Å²) in [6, 6.07) is 13.4. The second kappa shape index (κ2) is 3.88. The van der Waals surface area contributed by atoms with Gasteiger partial charge in [0.25, 0.3) is 5.91 Å². The highest BCUT2D eigenvalue weighted by Gasteiger charge is 2.29. The van der Waals surface area contributed by atoms with Crippen LogP contribution in [0.3, 0.4) is 0 Å². The Hall–Kier alpha value is -2.29. The maximum absolute atomic E-state index is 12.4. The van der Waals surface area contributed by atoms with Gasteiger partial charge in [0.05, 0.1) is 6.54 Å². The molecule has 3 rings (SSSR count). The zero-order valence-electron chi connectivity index (χ0n) is 10.2. The van der Waals surface area contributed by atoms with Gasteiger partial charge in [0.2, 0.25) is 0 Å². The summed E-state index contributed by atoms with van der Waals surface area (Å²) in [5.41, 5.74) is 10.2. The Balaban J connectivity index is 2.05. The van der Waals surface area contributed by atoms with Crippen molar-refractivity contribution in [2.45, 2.75) is 13.5 Å². The molecule has 3 heteroatoms. The molecule has 0 unspecified atom stereocenters. The maximum Gasteiger partial charge on any atom is 0.259 e. The van der Waals surface area contributed by atoms with Crippen molar-refractivity contribution in [2.75, 3.05) is 10.6 Å². The lowest BCUT2D eigenvalue weighted by molar-refractivity contribution is 0.0996. The molecule has 0 saturated heterocycles. The summed E-state index contributed by atoms with van der Waals surface area (Å²) in [5, 5.41) is 0. The summed E-state index contributed by atoms with van der Waals surface area (Å²) in [7, 11) is 0. The molecule has 2 aromatic rings. The molecular weight excluding hydrogens is 224 g/mol.